The Labute approximate surface area is 88.6 Å². The smallest absolute Gasteiger partial charge is 0.238 e. The van der Waals surface area contributed by atoms with Gasteiger partial charge in [-0.15, -0.1) is 12.4 Å². The quantitative estimate of drug-likeness (QED) is 0.792. The molecule has 1 amide bonds. The maximum absolute atomic E-state index is 11.2. The Hall–Kier alpha value is -1.07. The number of carbonyl (C=O) groups excluding carboxylic acids is 1. The highest BCUT2D eigenvalue weighted by Gasteiger charge is 2.10. The minimum atomic E-state index is -0.100. The number of hydrogen-bond acceptors (Lipinski definition) is 4. The second-order valence-electron chi connectivity index (χ2n) is 2.78. The maximum Gasteiger partial charge on any atom is 0.238 e. The third-order valence-corrected chi connectivity index (χ3v) is 1.64. The highest BCUT2D eigenvalue weighted by molar-refractivity contribution is 5.93. The molecule has 5 nitrogen and oxygen atoms in total. The molecule has 6 heteroatoms. The second-order valence-corrected chi connectivity index (χ2v) is 2.78. The van der Waals surface area contributed by atoms with Gasteiger partial charge in [-0.1, -0.05) is 5.16 Å². The summed E-state index contributed by atoms with van der Waals surface area (Å²) >= 11 is 0. The number of nitrogens with one attached hydrogen (secondary N) is 2. The van der Waals surface area contributed by atoms with Crippen LogP contribution in [0.4, 0.5) is 5.69 Å². The van der Waals surface area contributed by atoms with Crippen LogP contribution in [-0.2, 0) is 4.79 Å². The molecule has 0 aliphatic rings. The lowest BCUT2D eigenvalue weighted by atomic mass is 10.3. The number of carbonyl (C=O) groups is 1. The summed E-state index contributed by atoms with van der Waals surface area (Å²) in [5.74, 6) is 0.527. The van der Waals surface area contributed by atoms with Crippen molar-refractivity contribution in [1.29, 1.82) is 0 Å². The Kier molecular flexibility index (Phi) is 5.19. The molecule has 0 fully saturated rings. The molecule has 0 bridgehead atoms. The zero-order valence-corrected chi connectivity index (χ0v) is 9.20. The minimum Gasteiger partial charge on any atom is -0.359 e. The number of anilines is 1. The lowest BCUT2D eigenvalue weighted by Crippen LogP contribution is -2.25. The third kappa shape index (κ3) is 3.01. The van der Waals surface area contributed by atoms with Crippen molar-refractivity contribution in [3.05, 3.63) is 11.5 Å². The fraction of sp³-hybridized carbons (Fsp3) is 0.500. The molecule has 80 valence electrons. The van der Waals surface area contributed by atoms with Crippen molar-refractivity contribution in [3.63, 3.8) is 0 Å². The van der Waals surface area contributed by atoms with Gasteiger partial charge >= 0.3 is 0 Å². The van der Waals surface area contributed by atoms with Crippen LogP contribution in [0, 0.1) is 13.8 Å². The van der Waals surface area contributed by atoms with E-state index in [2.05, 4.69) is 15.8 Å². The Bertz CT molecular complexity index is 292. The molecule has 1 aromatic rings. The molecule has 1 rings (SSSR count). The predicted molar refractivity (Wildman–Crippen MR) is 55.8 cm³/mol. The van der Waals surface area contributed by atoms with Crippen LogP contribution in [0.1, 0.15) is 11.5 Å². The minimum absolute atomic E-state index is 0. The van der Waals surface area contributed by atoms with Gasteiger partial charge in [0.2, 0.25) is 5.91 Å². The van der Waals surface area contributed by atoms with E-state index in [1.165, 1.54) is 0 Å². The Balaban J connectivity index is 0.00000169. The van der Waals surface area contributed by atoms with Gasteiger partial charge in [-0.3, -0.25) is 4.79 Å². The summed E-state index contributed by atoms with van der Waals surface area (Å²) in [7, 11) is 1.72. The number of nitrogens with zero attached hydrogens (tertiary/aromatic N) is 1. The molecule has 0 aliphatic carbocycles. The van der Waals surface area contributed by atoms with Gasteiger partial charge in [-0.05, 0) is 20.9 Å². The van der Waals surface area contributed by atoms with Gasteiger partial charge in [0.15, 0.2) is 5.76 Å². The molecular formula is C8H14ClN3O2. The Morgan fingerprint density at radius 3 is 2.57 bits per heavy atom. The SMILES string of the molecule is CNCC(=O)Nc1c(C)noc1C.Cl. The van der Waals surface area contributed by atoms with Gasteiger partial charge in [-0.2, -0.15) is 0 Å². The molecule has 0 aliphatic heterocycles. The number of amides is 1. The van der Waals surface area contributed by atoms with Crippen LogP contribution in [0.15, 0.2) is 4.52 Å². The van der Waals surface area contributed by atoms with E-state index in [9.17, 15) is 4.79 Å². The summed E-state index contributed by atoms with van der Waals surface area (Å²) in [6.07, 6.45) is 0. The van der Waals surface area contributed by atoms with Crippen molar-refractivity contribution >= 4 is 24.0 Å². The van der Waals surface area contributed by atoms with Crippen molar-refractivity contribution in [3.8, 4) is 0 Å². The molecule has 0 atom stereocenters. The maximum atomic E-state index is 11.2. The van der Waals surface area contributed by atoms with Gasteiger partial charge in [0, 0.05) is 0 Å². The van der Waals surface area contributed by atoms with Crippen molar-refractivity contribution < 1.29 is 9.32 Å². The highest BCUT2D eigenvalue weighted by atomic mass is 35.5. The molecule has 0 saturated heterocycles. The van der Waals surface area contributed by atoms with Crippen molar-refractivity contribution in [2.45, 2.75) is 13.8 Å². The molecule has 0 aromatic carbocycles. The molecule has 1 aromatic heterocycles. The number of aryl methyl sites for hydroxylation is 2. The van der Waals surface area contributed by atoms with Gasteiger partial charge in [-0.25, -0.2) is 0 Å². The molecule has 0 radical (unpaired) electrons. The predicted octanol–water partition coefficient (Wildman–Crippen LogP) is 0.871. The van der Waals surface area contributed by atoms with Gasteiger partial charge in [0.05, 0.1) is 6.54 Å². The highest BCUT2D eigenvalue weighted by Crippen LogP contribution is 2.17. The summed E-state index contributed by atoms with van der Waals surface area (Å²) in [6.45, 7) is 3.82. The molecule has 0 spiro atoms. The van der Waals surface area contributed by atoms with Gasteiger partial charge in [0.25, 0.3) is 0 Å². The number of hydrogen-bond donors (Lipinski definition) is 2. The molecule has 0 unspecified atom stereocenters. The summed E-state index contributed by atoms with van der Waals surface area (Å²) in [4.78, 5) is 11.2. The topological polar surface area (TPSA) is 67.2 Å². The zero-order valence-electron chi connectivity index (χ0n) is 8.38. The number of halogens is 1. The molecule has 2 N–H and O–H groups in total. The van der Waals surface area contributed by atoms with E-state index in [0.717, 1.165) is 0 Å². The first-order valence-corrected chi connectivity index (χ1v) is 4.02. The summed E-state index contributed by atoms with van der Waals surface area (Å²) in [5.41, 5.74) is 1.36. The van der Waals surface area contributed by atoms with Crippen molar-refractivity contribution in [1.82, 2.24) is 10.5 Å². The largest absolute Gasteiger partial charge is 0.359 e. The first-order chi connectivity index (χ1) is 6.15. The monoisotopic (exact) mass is 219 g/mol. The number of likely N-dealkylation sites (N-methyl/N-ethyl adjacent to an activating group) is 1. The average Bonchev–Trinajstić information content (AvgIpc) is 2.36. The van der Waals surface area contributed by atoms with Crippen LogP contribution >= 0.6 is 12.4 Å². The van der Waals surface area contributed by atoms with Crippen molar-refractivity contribution in [2.75, 3.05) is 18.9 Å². The lowest BCUT2D eigenvalue weighted by Gasteiger charge is -2.02. The Morgan fingerprint density at radius 2 is 2.14 bits per heavy atom. The van der Waals surface area contributed by atoms with E-state index in [-0.39, 0.29) is 24.9 Å². The van der Waals surface area contributed by atoms with Crippen LogP contribution < -0.4 is 10.6 Å². The third-order valence-electron chi connectivity index (χ3n) is 1.64. The van der Waals surface area contributed by atoms with Crippen LogP contribution in [0.3, 0.4) is 0 Å². The molecule has 14 heavy (non-hydrogen) atoms. The fourth-order valence-corrected chi connectivity index (χ4v) is 1.01. The van der Waals surface area contributed by atoms with Crippen LogP contribution in [0.5, 0.6) is 0 Å². The molecule has 0 saturated carbocycles. The first kappa shape index (κ1) is 12.9. The van der Waals surface area contributed by atoms with Crippen LogP contribution in [-0.4, -0.2) is 24.7 Å². The summed E-state index contributed by atoms with van der Waals surface area (Å²) in [5, 5.41) is 9.18. The van der Waals surface area contributed by atoms with Crippen LogP contribution in [0.2, 0.25) is 0 Å². The lowest BCUT2D eigenvalue weighted by molar-refractivity contribution is -0.115. The average molecular weight is 220 g/mol. The van der Waals surface area contributed by atoms with E-state index >= 15 is 0 Å². The second kappa shape index (κ2) is 5.62. The number of rotatable bonds is 3. The van der Waals surface area contributed by atoms with E-state index in [0.29, 0.717) is 17.1 Å². The zero-order chi connectivity index (χ0) is 9.84. The first-order valence-electron chi connectivity index (χ1n) is 4.02. The van der Waals surface area contributed by atoms with Crippen LogP contribution in [0.25, 0.3) is 0 Å². The summed E-state index contributed by atoms with van der Waals surface area (Å²) < 4.78 is 4.89. The van der Waals surface area contributed by atoms with E-state index in [1.54, 1.807) is 20.9 Å². The molecule has 1 heterocycles. The Morgan fingerprint density at radius 1 is 1.50 bits per heavy atom. The van der Waals surface area contributed by atoms with Gasteiger partial charge < -0.3 is 15.2 Å². The normalized spacial score (nSPS) is 9.36. The summed E-state index contributed by atoms with van der Waals surface area (Å²) in [6, 6.07) is 0. The van der Waals surface area contributed by atoms with Crippen molar-refractivity contribution in [2.24, 2.45) is 0 Å². The van der Waals surface area contributed by atoms with E-state index < -0.39 is 0 Å². The molecular weight excluding hydrogens is 206 g/mol. The van der Waals surface area contributed by atoms with Gasteiger partial charge in [0.1, 0.15) is 11.4 Å². The van der Waals surface area contributed by atoms with E-state index in [4.69, 9.17) is 4.52 Å². The fourth-order valence-electron chi connectivity index (χ4n) is 1.01. The standard InChI is InChI=1S/C8H13N3O2.ClH/c1-5-8(6(2)13-11-5)10-7(12)4-9-3;/h9H,4H2,1-3H3,(H,10,12);1H. The number of aromatic nitrogens is 1. The van der Waals surface area contributed by atoms with E-state index in [1.807, 2.05) is 0 Å².